The summed E-state index contributed by atoms with van der Waals surface area (Å²) in [6.45, 7) is 2.52. The highest BCUT2D eigenvalue weighted by atomic mass is 16.2. The molecule has 4 nitrogen and oxygen atoms in total. The van der Waals surface area contributed by atoms with Gasteiger partial charge in [-0.15, -0.1) is 0 Å². The van der Waals surface area contributed by atoms with Crippen molar-refractivity contribution >= 4 is 11.6 Å². The number of carbonyl (C=O) groups is 1. The van der Waals surface area contributed by atoms with Crippen molar-refractivity contribution in [3.63, 3.8) is 0 Å². The first-order valence-corrected chi connectivity index (χ1v) is 8.77. The van der Waals surface area contributed by atoms with Crippen LogP contribution in [0.25, 0.3) is 0 Å². The maximum atomic E-state index is 12.6. The number of anilines is 1. The molecule has 0 aliphatic rings. The molecule has 0 radical (unpaired) electrons. The van der Waals surface area contributed by atoms with E-state index in [1.165, 1.54) is 0 Å². The highest BCUT2D eigenvalue weighted by molar-refractivity contribution is 5.95. The Bertz CT molecular complexity index is 915. The number of carbonyl (C=O) groups excluding carboxylic acids is 1. The number of rotatable bonds is 6. The van der Waals surface area contributed by atoms with Gasteiger partial charge < -0.3 is 9.88 Å². The molecule has 2 aromatic carbocycles. The number of nitrogens with one attached hydrogen (secondary N) is 1. The fourth-order valence-electron chi connectivity index (χ4n) is 2.97. The van der Waals surface area contributed by atoms with E-state index in [2.05, 4.69) is 5.32 Å². The first-order valence-electron chi connectivity index (χ1n) is 8.77. The van der Waals surface area contributed by atoms with Crippen molar-refractivity contribution in [2.75, 3.05) is 5.32 Å². The lowest BCUT2D eigenvalue weighted by molar-refractivity contribution is -0.117. The number of hydrogen-bond donors (Lipinski definition) is 1. The third kappa shape index (κ3) is 4.28. The summed E-state index contributed by atoms with van der Waals surface area (Å²) < 4.78 is 1.65. The summed E-state index contributed by atoms with van der Waals surface area (Å²) in [5.74, 6) is -0.176. The molecule has 0 saturated carbocycles. The second-order valence-corrected chi connectivity index (χ2v) is 6.22. The van der Waals surface area contributed by atoms with Gasteiger partial charge in [0, 0.05) is 18.0 Å². The quantitative estimate of drug-likeness (QED) is 0.733. The first-order chi connectivity index (χ1) is 12.7. The summed E-state index contributed by atoms with van der Waals surface area (Å²) >= 11 is 0. The van der Waals surface area contributed by atoms with Crippen LogP contribution in [0.15, 0.2) is 83.8 Å². The molecule has 0 aliphatic heterocycles. The van der Waals surface area contributed by atoms with Crippen LogP contribution < -0.4 is 10.9 Å². The van der Waals surface area contributed by atoms with Crippen molar-refractivity contribution in [3.05, 3.63) is 100 Å². The van der Waals surface area contributed by atoms with E-state index in [1.807, 2.05) is 67.6 Å². The molecule has 26 heavy (non-hydrogen) atoms. The minimum absolute atomic E-state index is 0.00858. The Morgan fingerprint density at radius 3 is 2.31 bits per heavy atom. The number of nitrogens with zero attached hydrogens (tertiary/aromatic N) is 1. The molecule has 3 rings (SSSR count). The largest absolute Gasteiger partial charge is 0.326 e. The van der Waals surface area contributed by atoms with Gasteiger partial charge in [0.05, 0.1) is 12.5 Å². The zero-order chi connectivity index (χ0) is 18.4. The number of aromatic nitrogens is 1. The second-order valence-electron chi connectivity index (χ2n) is 6.22. The van der Waals surface area contributed by atoms with Crippen molar-refractivity contribution in [2.24, 2.45) is 0 Å². The van der Waals surface area contributed by atoms with E-state index < -0.39 is 0 Å². The molecule has 1 aromatic heterocycles. The van der Waals surface area contributed by atoms with E-state index in [9.17, 15) is 9.59 Å². The van der Waals surface area contributed by atoms with Gasteiger partial charge in [-0.25, -0.2) is 0 Å². The summed E-state index contributed by atoms with van der Waals surface area (Å²) in [6.07, 6.45) is 2.51. The molecule has 132 valence electrons. The Kier molecular flexibility index (Phi) is 5.64. The van der Waals surface area contributed by atoms with Crippen molar-refractivity contribution in [1.29, 1.82) is 0 Å². The highest BCUT2D eigenvalue weighted by Crippen LogP contribution is 2.21. The zero-order valence-corrected chi connectivity index (χ0v) is 14.8. The Morgan fingerprint density at radius 1 is 0.962 bits per heavy atom. The third-order valence-electron chi connectivity index (χ3n) is 4.40. The minimum atomic E-state index is -0.168. The molecule has 4 heteroatoms. The monoisotopic (exact) mass is 346 g/mol. The van der Waals surface area contributed by atoms with E-state index in [0.717, 1.165) is 23.2 Å². The number of pyridine rings is 1. The van der Waals surface area contributed by atoms with E-state index in [0.29, 0.717) is 6.54 Å². The van der Waals surface area contributed by atoms with Gasteiger partial charge >= 0.3 is 0 Å². The second kappa shape index (κ2) is 8.30. The van der Waals surface area contributed by atoms with Crippen molar-refractivity contribution in [1.82, 2.24) is 4.57 Å². The molecule has 0 bridgehead atoms. The summed E-state index contributed by atoms with van der Waals surface area (Å²) in [5.41, 5.74) is 2.76. The molecule has 1 heterocycles. The van der Waals surface area contributed by atoms with E-state index in [4.69, 9.17) is 0 Å². The van der Waals surface area contributed by atoms with Crippen LogP contribution in [0, 0.1) is 0 Å². The highest BCUT2D eigenvalue weighted by Gasteiger charge is 2.18. The molecule has 1 amide bonds. The molecule has 1 N–H and O–H groups in total. The van der Waals surface area contributed by atoms with Gasteiger partial charge in [0.2, 0.25) is 5.91 Å². The van der Waals surface area contributed by atoms with Crippen LogP contribution in [-0.2, 0) is 11.3 Å². The molecule has 0 spiro atoms. The Balaban J connectivity index is 1.68. The van der Waals surface area contributed by atoms with Crippen LogP contribution in [0.2, 0.25) is 0 Å². The Hall–Kier alpha value is -3.14. The van der Waals surface area contributed by atoms with Gasteiger partial charge in [-0.05, 0) is 35.7 Å². The normalized spacial score (nSPS) is 11.7. The molecule has 3 aromatic rings. The van der Waals surface area contributed by atoms with Gasteiger partial charge in [0.25, 0.3) is 5.56 Å². The van der Waals surface area contributed by atoms with Crippen LogP contribution in [0.1, 0.15) is 30.4 Å². The predicted molar refractivity (Wildman–Crippen MR) is 104 cm³/mol. The SMILES string of the molecule is CCC(C(=O)Nc1ccc(Cn2ccccc2=O)cc1)c1ccccc1. The molecule has 1 unspecified atom stereocenters. The van der Waals surface area contributed by atoms with Gasteiger partial charge in [-0.1, -0.05) is 55.5 Å². The molecule has 1 atom stereocenters. The molecular formula is C22H22N2O2. The molecular weight excluding hydrogens is 324 g/mol. The van der Waals surface area contributed by atoms with Crippen LogP contribution in [0.5, 0.6) is 0 Å². The standard InChI is InChI=1S/C22H22N2O2/c1-2-20(18-8-4-3-5-9-18)22(26)23-19-13-11-17(12-14-19)16-24-15-7-6-10-21(24)25/h3-15,20H,2,16H2,1H3,(H,23,26). The third-order valence-corrected chi connectivity index (χ3v) is 4.40. The zero-order valence-electron chi connectivity index (χ0n) is 14.8. The smallest absolute Gasteiger partial charge is 0.250 e. The molecule has 0 saturated heterocycles. The lowest BCUT2D eigenvalue weighted by Crippen LogP contribution is -2.21. The van der Waals surface area contributed by atoms with Gasteiger partial charge in [0.1, 0.15) is 0 Å². The average molecular weight is 346 g/mol. The lowest BCUT2D eigenvalue weighted by Gasteiger charge is -2.15. The summed E-state index contributed by atoms with van der Waals surface area (Å²) in [4.78, 5) is 24.4. The van der Waals surface area contributed by atoms with Crippen molar-refractivity contribution in [2.45, 2.75) is 25.8 Å². The summed E-state index contributed by atoms with van der Waals surface area (Å²) in [6, 6.07) is 22.5. The van der Waals surface area contributed by atoms with Crippen molar-refractivity contribution in [3.8, 4) is 0 Å². The number of benzene rings is 2. The maximum Gasteiger partial charge on any atom is 0.250 e. The lowest BCUT2D eigenvalue weighted by atomic mass is 9.95. The van der Waals surface area contributed by atoms with Crippen LogP contribution in [0.4, 0.5) is 5.69 Å². The number of amides is 1. The molecule has 0 fully saturated rings. The number of hydrogen-bond acceptors (Lipinski definition) is 2. The van der Waals surface area contributed by atoms with Crippen LogP contribution in [-0.4, -0.2) is 10.5 Å². The average Bonchev–Trinajstić information content (AvgIpc) is 2.67. The van der Waals surface area contributed by atoms with Gasteiger partial charge in [-0.3, -0.25) is 9.59 Å². The summed E-state index contributed by atoms with van der Waals surface area (Å²) in [7, 11) is 0. The van der Waals surface area contributed by atoms with E-state index >= 15 is 0 Å². The molecule has 0 aliphatic carbocycles. The fourth-order valence-corrected chi connectivity index (χ4v) is 2.97. The predicted octanol–water partition coefficient (Wildman–Crippen LogP) is 4.03. The van der Waals surface area contributed by atoms with E-state index in [-0.39, 0.29) is 17.4 Å². The minimum Gasteiger partial charge on any atom is -0.326 e. The van der Waals surface area contributed by atoms with Crippen molar-refractivity contribution < 1.29 is 4.79 Å². The first kappa shape index (κ1) is 17.7. The fraction of sp³-hybridized carbons (Fsp3) is 0.182. The van der Waals surface area contributed by atoms with Gasteiger partial charge in [0.15, 0.2) is 0 Å². The summed E-state index contributed by atoms with van der Waals surface area (Å²) in [5, 5.41) is 2.99. The topological polar surface area (TPSA) is 51.1 Å². The van der Waals surface area contributed by atoms with Gasteiger partial charge in [-0.2, -0.15) is 0 Å². The maximum absolute atomic E-state index is 12.6. The Labute approximate surface area is 153 Å². The van der Waals surface area contributed by atoms with E-state index in [1.54, 1.807) is 22.9 Å². The Morgan fingerprint density at radius 2 is 1.65 bits per heavy atom. The van der Waals surface area contributed by atoms with Crippen LogP contribution >= 0.6 is 0 Å². The van der Waals surface area contributed by atoms with Crippen LogP contribution in [0.3, 0.4) is 0 Å².